The first-order valence-electron chi connectivity index (χ1n) is 11.6. The standard InChI is InChI=1S/C25H29N3O6/c1-2-34-23(29)18-5-10-22(27-13-15-33-16-14-27)21(17-18)26-24(30)25(11-3-4-12-25)19-6-8-20(9-7-19)28(31)32/h5-10,17H,2-4,11-16H2,1H3,(H,26,30). The molecule has 2 aliphatic rings. The molecule has 2 aromatic rings. The van der Waals surface area contributed by atoms with Gasteiger partial charge in [-0.05, 0) is 43.5 Å². The van der Waals surface area contributed by atoms with Gasteiger partial charge in [-0.15, -0.1) is 0 Å². The average Bonchev–Trinajstić information content (AvgIpc) is 3.36. The quantitative estimate of drug-likeness (QED) is 0.371. The number of hydrogen-bond acceptors (Lipinski definition) is 7. The van der Waals surface area contributed by atoms with E-state index in [2.05, 4.69) is 10.2 Å². The maximum Gasteiger partial charge on any atom is 0.338 e. The van der Waals surface area contributed by atoms with Crippen LogP contribution in [0.5, 0.6) is 0 Å². The number of nitro benzene ring substituents is 1. The Morgan fingerprint density at radius 2 is 1.79 bits per heavy atom. The molecular weight excluding hydrogens is 438 g/mol. The third kappa shape index (κ3) is 4.75. The molecule has 1 saturated heterocycles. The van der Waals surface area contributed by atoms with Gasteiger partial charge < -0.3 is 19.7 Å². The maximum atomic E-state index is 13.8. The second-order valence-electron chi connectivity index (χ2n) is 8.60. The van der Waals surface area contributed by atoms with Gasteiger partial charge in [-0.25, -0.2) is 4.79 Å². The lowest BCUT2D eigenvalue weighted by atomic mass is 9.78. The SMILES string of the molecule is CCOC(=O)c1ccc(N2CCOCC2)c(NC(=O)C2(c3ccc([N+](=O)[O-])cc3)CCCC2)c1. The van der Waals surface area contributed by atoms with E-state index in [1.54, 1.807) is 31.2 Å². The molecule has 34 heavy (non-hydrogen) atoms. The van der Waals surface area contributed by atoms with E-state index in [1.165, 1.54) is 12.1 Å². The topological polar surface area (TPSA) is 111 Å². The third-order valence-corrected chi connectivity index (χ3v) is 6.63. The van der Waals surface area contributed by atoms with Gasteiger partial charge in [-0.3, -0.25) is 14.9 Å². The summed E-state index contributed by atoms with van der Waals surface area (Å²) in [4.78, 5) is 38.9. The van der Waals surface area contributed by atoms with Gasteiger partial charge >= 0.3 is 5.97 Å². The molecular formula is C25H29N3O6. The number of nitrogens with one attached hydrogen (secondary N) is 1. The van der Waals surface area contributed by atoms with Gasteiger partial charge in [-0.1, -0.05) is 25.0 Å². The molecule has 0 bridgehead atoms. The van der Waals surface area contributed by atoms with Crippen molar-refractivity contribution in [2.75, 3.05) is 43.1 Å². The number of benzene rings is 2. The van der Waals surface area contributed by atoms with Crippen molar-refractivity contribution in [3.63, 3.8) is 0 Å². The number of hydrogen-bond donors (Lipinski definition) is 1. The minimum absolute atomic E-state index is 0.00551. The van der Waals surface area contributed by atoms with E-state index in [4.69, 9.17) is 9.47 Å². The number of nitrogens with zero attached hydrogens (tertiary/aromatic N) is 2. The summed E-state index contributed by atoms with van der Waals surface area (Å²) in [6.45, 7) is 4.52. The predicted molar refractivity (Wildman–Crippen MR) is 127 cm³/mol. The highest BCUT2D eigenvalue weighted by atomic mass is 16.6. The summed E-state index contributed by atoms with van der Waals surface area (Å²) < 4.78 is 10.6. The number of carbonyl (C=O) groups is 2. The summed E-state index contributed by atoms with van der Waals surface area (Å²) >= 11 is 0. The zero-order valence-electron chi connectivity index (χ0n) is 19.2. The van der Waals surface area contributed by atoms with Crippen LogP contribution in [-0.2, 0) is 19.7 Å². The number of esters is 1. The number of amides is 1. The molecule has 1 saturated carbocycles. The lowest BCUT2D eigenvalue weighted by molar-refractivity contribution is -0.384. The van der Waals surface area contributed by atoms with Crippen LogP contribution < -0.4 is 10.2 Å². The lowest BCUT2D eigenvalue weighted by Crippen LogP contribution is -2.40. The number of ether oxygens (including phenoxy) is 2. The van der Waals surface area contributed by atoms with Crippen molar-refractivity contribution in [3.05, 3.63) is 63.7 Å². The van der Waals surface area contributed by atoms with E-state index in [-0.39, 0.29) is 18.2 Å². The third-order valence-electron chi connectivity index (χ3n) is 6.63. The number of morpholine rings is 1. The summed E-state index contributed by atoms with van der Waals surface area (Å²) in [6, 6.07) is 11.5. The van der Waals surface area contributed by atoms with E-state index in [0.717, 1.165) is 24.1 Å². The fourth-order valence-electron chi connectivity index (χ4n) is 4.83. The van der Waals surface area contributed by atoms with Gasteiger partial charge in [0.25, 0.3) is 5.69 Å². The van der Waals surface area contributed by atoms with Crippen molar-refractivity contribution in [1.29, 1.82) is 0 Å². The molecule has 0 atom stereocenters. The Bertz CT molecular complexity index is 1060. The number of anilines is 2. The first-order valence-corrected chi connectivity index (χ1v) is 11.6. The van der Waals surface area contributed by atoms with Gasteiger partial charge in [0.05, 0.1) is 47.1 Å². The predicted octanol–water partition coefficient (Wildman–Crippen LogP) is 4.06. The zero-order valence-corrected chi connectivity index (χ0v) is 19.2. The molecule has 4 rings (SSSR count). The molecule has 9 nitrogen and oxygen atoms in total. The normalized spacial score (nSPS) is 17.3. The minimum atomic E-state index is -0.780. The highest BCUT2D eigenvalue weighted by molar-refractivity contribution is 6.03. The van der Waals surface area contributed by atoms with Gasteiger partial charge in [0, 0.05) is 25.2 Å². The largest absolute Gasteiger partial charge is 0.462 e. The maximum absolute atomic E-state index is 13.8. The van der Waals surface area contributed by atoms with E-state index >= 15 is 0 Å². The Labute approximate surface area is 198 Å². The van der Waals surface area contributed by atoms with Crippen LogP contribution in [0.1, 0.15) is 48.5 Å². The molecule has 1 aliphatic heterocycles. The second-order valence-corrected chi connectivity index (χ2v) is 8.60. The van der Waals surface area contributed by atoms with E-state index in [0.29, 0.717) is 50.4 Å². The summed E-state index contributed by atoms with van der Waals surface area (Å²) in [7, 11) is 0. The number of non-ortho nitro benzene ring substituents is 1. The zero-order chi connectivity index (χ0) is 24.1. The number of carbonyl (C=O) groups excluding carboxylic acids is 2. The van der Waals surface area contributed by atoms with Gasteiger partial charge in [0.15, 0.2) is 0 Å². The fraction of sp³-hybridized carbons (Fsp3) is 0.440. The van der Waals surface area contributed by atoms with E-state index in [1.807, 2.05) is 6.07 Å². The van der Waals surface area contributed by atoms with Gasteiger partial charge in [-0.2, -0.15) is 0 Å². The first-order chi connectivity index (χ1) is 16.4. The lowest BCUT2D eigenvalue weighted by Gasteiger charge is -2.33. The van der Waals surface area contributed by atoms with Crippen LogP contribution in [0.4, 0.5) is 17.1 Å². The van der Waals surface area contributed by atoms with Crippen LogP contribution in [0.2, 0.25) is 0 Å². The Kier molecular flexibility index (Phi) is 7.12. The Morgan fingerprint density at radius 1 is 1.12 bits per heavy atom. The Balaban J connectivity index is 1.68. The monoisotopic (exact) mass is 467 g/mol. The van der Waals surface area contributed by atoms with Crippen molar-refractivity contribution in [3.8, 4) is 0 Å². The van der Waals surface area contributed by atoms with Crippen molar-refractivity contribution in [2.45, 2.75) is 38.0 Å². The van der Waals surface area contributed by atoms with Gasteiger partial charge in [0.2, 0.25) is 5.91 Å². The summed E-state index contributed by atoms with van der Waals surface area (Å²) in [5.74, 6) is -0.619. The second kappa shape index (κ2) is 10.2. The summed E-state index contributed by atoms with van der Waals surface area (Å²) in [5.41, 5.74) is 1.71. The van der Waals surface area contributed by atoms with Crippen molar-refractivity contribution < 1.29 is 24.0 Å². The number of nitro groups is 1. The molecule has 0 radical (unpaired) electrons. The Morgan fingerprint density at radius 3 is 2.41 bits per heavy atom. The van der Waals surface area contributed by atoms with Crippen molar-refractivity contribution in [1.82, 2.24) is 0 Å². The number of rotatable bonds is 7. The minimum Gasteiger partial charge on any atom is -0.462 e. The average molecular weight is 468 g/mol. The highest BCUT2D eigenvalue weighted by Crippen LogP contribution is 2.43. The Hall–Kier alpha value is -3.46. The summed E-state index contributed by atoms with van der Waals surface area (Å²) in [6.07, 6.45) is 3.09. The fourth-order valence-corrected chi connectivity index (χ4v) is 4.83. The molecule has 1 aliphatic carbocycles. The van der Waals surface area contributed by atoms with E-state index < -0.39 is 16.3 Å². The molecule has 2 aromatic carbocycles. The van der Waals surface area contributed by atoms with Gasteiger partial charge in [0.1, 0.15) is 0 Å². The molecule has 0 aromatic heterocycles. The molecule has 0 spiro atoms. The molecule has 9 heteroatoms. The highest BCUT2D eigenvalue weighted by Gasteiger charge is 2.43. The van der Waals surface area contributed by atoms with Crippen molar-refractivity contribution >= 4 is 28.9 Å². The van der Waals surface area contributed by atoms with Crippen LogP contribution in [0.3, 0.4) is 0 Å². The van der Waals surface area contributed by atoms with Crippen LogP contribution in [0.25, 0.3) is 0 Å². The molecule has 1 amide bonds. The van der Waals surface area contributed by atoms with Crippen molar-refractivity contribution in [2.24, 2.45) is 0 Å². The molecule has 2 fully saturated rings. The van der Waals surface area contributed by atoms with E-state index in [9.17, 15) is 19.7 Å². The van der Waals surface area contributed by atoms with Crippen LogP contribution in [0, 0.1) is 10.1 Å². The van der Waals surface area contributed by atoms with Crippen LogP contribution >= 0.6 is 0 Å². The molecule has 1 heterocycles. The molecule has 1 N–H and O–H groups in total. The van der Waals surface area contributed by atoms with Crippen LogP contribution in [-0.4, -0.2) is 49.7 Å². The van der Waals surface area contributed by atoms with Crippen LogP contribution in [0.15, 0.2) is 42.5 Å². The molecule has 0 unspecified atom stereocenters. The smallest absolute Gasteiger partial charge is 0.338 e. The molecule has 180 valence electrons. The first kappa shape index (κ1) is 23.7. The summed E-state index contributed by atoms with van der Waals surface area (Å²) in [5, 5.41) is 14.2.